The molecule has 0 radical (unpaired) electrons. The number of anilines is 2. The molecular formula is C14H13FN2O2. The van der Waals surface area contributed by atoms with Crippen LogP contribution in [-0.2, 0) is 0 Å². The van der Waals surface area contributed by atoms with E-state index in [1.54, 1.807) is 12.1 Å². The van der Waals surface area contributed by atoms with E-state index < -0.39 is 5.82 Å². The van der Waals surface area contributed by atoms with Crippen LogP contribution < -0.4 is 16.2 Å². The molecule has 0 saturated carbocycles. The van der Waals surface area contributed by atoms with Gasteiger partial charge >= 0.3 is 0 Å². The minimum absolute atomic E-state index is 0.0911. The van der Waals surface area contributed by atoms with Crippen LogP contribution in [0, 0.1) is 5.82 Å². The number of carbonyl (C=O) groups is 1. The van der Waals surface area contributed by atoms with Crippen LogP contribution >= 0.6 is 0 Å². The molecule has 4 N–H and O–H groups in total. The highest BCUT2D eigenvalue weighted by Gasteiger charge is 2.13. The number of hydrogen-bond donors (Lipinski definition) is 2. The minimum atomic E-state index is -0.586. The van der Waals surface area contributed by atoms with Gasteiger partial charge in [0.1, 0.15) is 0 Å². The van der Waals surface area contributed by atoms with E-state index in [1.807, 2.05) is 0 Å². The predicted octanol–water partition coefficient (Wildman–Crippen LogP) is 2.23. The van der Waals surface area contributed by atoms with Crippen LogP contribution in [0.15, 0.2) is 36.4 Å². The molecule has 0 aliphatic heterocycles. The Morgan fingerprint density at radius 3 is 2.26 bits per heavy atom. The summed E-state index contributed by atoms with van der Waals surface area (Å²) in [5, 5.41) is 0. The van der Waals surface area contributed by atoms with Crippen molar-refractivity contribution < 1.29 is 13.9 Å². The fraction of sp³-hybridized carbons (Fsp3) is 0.0714. The number of carbonyl (C=O) groups excluding carboxylic acids is 1. The number of methoxy groups -OCH3 is 1. The van der Waals surface area contributed by atoms with Gasteiger partial charge in [0.05, 0.1) is 18.5 Å². The van der Waals surface area contributed by atoms with Gasteiger partial charge in [0, 0.05) is 11.1 Å². The summed E-state index contributed by atoms with van der Waals surface area (Å²) in [5.41, 5.74) is 12.5. The zero-order valence-electron chi connectivity index (χ0n) is 10.3. The summed E-state index contributed by atoms with van der Waals surface area (Å²) in [5.74, 6) is -0.821. The first kappa shape index (κ1) is 12.9. The Kier molecular flexibility index (Phi) is 3.37. The van der Waals surface area contributed by atoms with Crippen molar-refractivity contribution in [3.63, 3.8) is 0 Å². The van der Waals surface area contributed by atoms with Crippen molar-refractivity contribution in [3.05, 3.63) is 53.3 Å². The second-order valence-electron chi connectivity index (χ2n) is 4.02. The molecule has 0 aliphatic rings. The molecule has 0 heterocycles. The van der Waals surface area contributed by atoms with E-state index in [1.165, 1.54) is 25.3 Å². The maximum atomic E-state index is 13.5. The van der Waals surface area contributed by atoms with Gasteiger partial charge in [0.15, 0.2) is 17.3 Å². The Balaban J connectivity index is 2.38. The predicted molar refractivity (Wildman–Crippen MR) is 71.7 cm³/mol. The summed E-state index contributed by atoms with van der Waals surface area (Å²) in [4.78, 5) is 12.2. The largest absolute Gasteiger partial charge is 0.494 e. The number of nitrogen functional groups attached to an aromatic ring is 2. The summed E-state index contributed by atoms with van der Waals surface area (Å²) < 4.78 is 18.3. The van der Waals surface area contributed by atoms with E-state index in [-0.39, 0.29) is 17.1 Å². The molecule has 0 aliphatic carbocycles. The van der Waals surface area contributed by atoms with E-state index in [9.17, 15) is 9.18 Å². The average molecular weight is 260 g/mol. The minimum Gasteiger partial charge on any atom is -0.494 e. The molecule has 2 rings (SSSR count). The Bertz CT molecular complexity index is 641. The molecule has 19 heavy (non-hydrogen) atoms. The van der Waals surface area contributed by atoms with Gasteiger partial charge in [-0.3, -0.25) is 4.79 Å². The highest BCUT2D eigenvalue weighted by molar-refractivity contribution is 6.09. The molecule has 5 heteroatoms. The van der Waals surface area contributed by atoms with Gasteiger partial charge in [0.2, 0.25) is 0 Å². The SMILES string of the molecule is COc1ccc(C(=O)c2ccc(N)c(N)c2)cc1F. The lowest BCUT2D eigenvalue weighted by Gasteiger charge is -2.06. The fourth-order valence-corrected chi connectivity index (χ4v) is 1.69. The number of rotatable bonds is 3. The van der Waals surface area contributed by atoms with Crippen molar-refractivity contribution in [2.75, 3.05) is 18.6 Å². The number of benzene rings is 2. The third-order valence-corrected chi connectivity index (χ3v) is 2.76. The third-order valence-electron chi connectivity index (χ3n) is 2.76. The summed E-state index contributed by atoms with van der Waals surface area (Å²) in [6, 6.07) is 8.60. The van der Waals surface area contributed by atoms with Gasteiger partial charge in [-0.25, -0.2) is 4.39 Å². The van der Waals surface area contributed by atoms with Crippen LogP contribution in [0.3, 0.4) is 0 Å². The molecule has 0 bridgehead atoms. The molecule has 2 aromatic rings. The Labute approximate surface area is 109 Å². The molecule has 0 saturated heterocycles. The zero-order valence-corrected chi connectivity index (χ0v) is 10.3. The van der Waals surface area contributed by atoms with E-state index in [2.05, 4.69) is 0 Å². The van der Waals surface area contributed by atoms with Crippen molar-refractivity contribution in [3.8, 4) is 5.75 Å². The average Bonchev–Trinajstić information content (AvgIpc) is 2.41. The second-order valence-corrected chi connectivity index (χ2v) is 4.02. The summed E-state index contributed by atoms with van der Waals surface area (Å²) in [6.45, 7) is 0. The first-order chi connectivity index (χ1) is 9.02. The van der Waals surface area contributed by atoms with Crippen molar-refractivity contribution >= 4 is 17.2 Å². The van der Waals surface area contributed by atoms with Crippen molar-refractivity contribution in [2.45, 2.75) is 0 Å². The highest BCUT2D eigenvalue weighted by atomic mass is 19.1. The summed E-state index contributed by atoms with van der Waals surface area (Å²) >= 11 is 0. The van der Waals surface area contributed by atoms with Crippen LogP contribution in [-0.4, -0.2) is 12.9 Å². The molecule has 0 aromatic heterocycles. The van der Waals surface area contributed by atoms with Crippen LogP contribution in [0.2, 0.25) is 0 Å². The van der Waals surface area contributed by atoms with Crippen LogP contribution in [0.1, 0.15) is 15.9 Å². The maximum absolute atomic E-state index is 13.5. The lowest BCUT2D eigenvalue weighted by Crippen LogP contribution is -2.04. The van der Waals surface area contributed by atoms with E-state index in [0.29, 0.717) is 16.9 Å². The van der Waals surface area contributed by atoms with Gasteiger partial charge in [-0.1, -0.05) is 0 Å². The fourth-order valence-electron chi connectivity index (χ4n) is 1.69. The molecule has 4 nitrogen and oxygen atoms in total. The Morgan fingerprint density at radius 1 is 1.05 bits per heavy atom. The van der Waals surface area contributed by atoms with Gasteiger partial charge in [-0.05, 0) is 36.4 Å². The van der Waals surface area contributed by atoms with Crippen LogP contribution in [0.5, 0.6) is 5.75 Å². The molecule has 0 atom stereocenters. The zero-order chi connectivity index (χ0) is 14.0. The summed E-state index contributed by atoms with van der Waals surface area (Å²) in [6.07, 6.45) is 0. The first-order valence-electron chi connectivity index (χ1n) is 5.56. The standard InChI is InChI=1S/C14H13FN2O2/c1-19-13-5-3-8(6-10(13)15)14(18)9-2-4-11(16)12(17)7-9/h2-7H,16-17H2,1H3. The van der Waals surface area contributed by atoms with E-state index >= 15 is 0 Å². The van der Waals surface area contributed by atoms with Crippen molar-refractivity contribution in [2.24, 2.45) is 0 Å². The molecule has 2 aromatic carbocycles. The number of nitrogens with two attached hydrogens (primary N) is 2. The van der Waals surface area contributed by atoms with Gasteiger partial charge < -0.3 is 16.2 Å². The Hall–Kier alpha value is -2.56. The summed E-state index contributed by atoms with van der Waals surface area (Å²) in [7, 11) is 1.36. The maximum Gasteiger partial charge on any atom is 0.193 e. The van der Waals surface area contributed by atoms with Gasteiger partial charge in [-0.2, -0.15) is 0 Å². The number of ether oxygens (including phenoxy) is 1. The number of hydrogen-bond acceptors (Lipinski definition) is 4. The van der Waals surface area contributed by atoms with E-state index in [4.69, 9.17) is 16.2 Å². The van der Waals surface area contributed by atoms with Crippen molar-refractivity contribution in [1.82, 2.24) is 0 Å². The third kappa shape index (κ3) is 2.49. The normalized spacial score (nSPS) is 10.2. The smallest absolute Gasteiger partial charge is 0.193 e. The molecular weight excluding hydrogens is 247 g/mol. The number of halogens is 1. The Morgan fingerprint density at radius 2 is 1.68 bits per heavy atom. The van der Waals surface area contributed by atoms with Crippen molar-refractivity contribution in [1.29, 1.82) is 0 Å². The molecule has 98 valence electrons. The monoisotopic (exact) mass is 260 g/mol. The molecule has 0 amide bonds. The lowest BCUT2D eigenvalue weighted by atomic mass is 10.0. The molecule has 0 fully saturated rings. The van der Waals surface area contributed by atoms with E-state index in [0.717, 1.165) is 6.07 Å². The quantitative estimate of drug-likeness (QED) is 0.655. The second kappa shape index (κ2) is 4.97. The van der Waals surface area contributed by atoms with Crippen LogP contribution in [0.25, 0.3) is 0 Å². The van der Waals surface area contributed by atoms with Gasteiger partial charge in [0.25, 0.3) is 0 Å². The molecule has 0 spiro atoms. The first-order valence-corrected chi connectivity index (χ1v) is 5.56. The topological polar surface area (TPSA) is 78.3 Å². The molecule has 0 unspecified atom stereocenters. The van der Waals surface area contributed by atoms with Gasteiger partial charge in [-0.15, -0.1) is 0 Å². The highest BCUT2D eigenvalue weighted by Crippen LogP contribution is 2.22. The number of ketones is 1. The lowest BCUT2D eigenvalue weighted by molar-refractivity contribution is 0.103. The van der Waals surface area contributed by atoms with Crippen LogP contribution in [0.4, 0.5) is 15.8 Å².